The van der Waals surface area contributed by atoms with Gasteiger partial charge in [0.25, 0.3) is 0 Å². The molecule has 23 heavy (non-hydrogen) atoms. The highest BCUT2D eigenvalue weighted by Crippen LogP contribution is 2.24. The molecule has 0 radical (unpaired) electrons. The van der Waals surface area contributed by atoms with Crippen molar-refractivity contribution in [3.63, 3.8) is 0 Å². The number of H-pyrrole nitrogens is 1. The van der Waals surface area contributed by atoms with E-state index >= 15 is 0 Å². The molecule has 0 saturated heterocycles. The van der Waals surface area contributed by atoms with Crippen molar-refractivity contribution in [1.29, 1.82) is 5.26 Å². The number of carbonyl (C=O) groups excluding carboxylic acids is 1. The quantitative estimate of drug-likeness (QED) is 0.592. The van der Waals surface area contributed by atoms with Gasteiger partial charge in [-0.3, -0.25) is 9.78 Å². The first-order chi connectivity index (χ1) is 11.2. The maximum atomic E-state index is 11.3. The van der Waals surface area contributed by atoms with Gasteiger partial charge in [-0.15, -0.1) is 0 Å². The molecule has 0 spiro atoms. The number of carbonyl (C=O) groups is 1. The van der Waals surface area contributed by atoms with Crippen LogP contribution >= 0.6 is 0 Å². The molecular weight excluding hydrogens is 288 g/mol. The zero-order valence-corrected chi connectivity index (χ0v) is 12.6. The summed E-state index contributed by atoms with van der Waals surface area (Å²) in [7, 11) is 0. The topological polar surface area (TPSA) is 82.4 Å². The summed E-state index contributed by atoms with van der Waals surface area (Å²) in [6.07, 6.45) is 7.52. The van der Waals surface area contributed by atoms with Crippen molar-refractivity contribution in [2.75, 3.05) is 0 Å². The third-order valence-corrected chi connectivity index (χ3v) is 3.60. The Labute approximate surface area is 133 Å². The van der Waals surface area contributed by atoms with Crippen molar-refractivity contribution >= 4 is 16.8 Å². The van der Waals surface area contributed by atoms with E-state index in [1.165, 1.54) is 6.92 Å². The first-order valence-electron chi connectivity index (χ1n) is 7.17. The first kappa shape index (κ1) is 14.7. The molecule has 0 saturated carbocycles. The minimum atomic E-state index is -0.223. The van der Waals surface area contributed by atoms with Gasteiger partial charge in [0.05, 0.1) is 11.3 Å². The van der Waals surface area contributed by atoms with Crippen molar-refractivity contribution in [2.45, 2.75) is 13.3 Å². The van der Waals surface area contributed by atoms with Gasteiger partial charge in [0.15, 0.2) is 5.78 Å². The lowest BCUT2D eigenvalue weighted by molar-refractivity contribution is -0.113. The van der Waals surface area contributed by atoms with Crippen LogP contribution in [0.25, 0.3) is 22.3 Å². The molecule has 0 fully saturated rings. The van der Waals surface area contributed by atoms with Gasteiger partial charge < -0.3 is 4.98 Å². The molecular formula is C18H14N4O. The normalized spacial score (nSPS) is 11.4. The van der Waals surface area contributed by atoms with Crippen molar-refractivity contribution in [3.8, 4) is 17.3 Å². The summed E-state index contributed by atoms with van der Waals surface area (Å²) in [6, 6.07) is 9.67. The van der Waals surface area contributed by atoms with Gasteiger partial charge >= 0.3 is 0 Å². The lowest BCUT2D eigenvalue weighted by Gasteiger charge is -2.01. The number of rotatable bonds is 4. The lowest BCUT2D eigenvalue weighted by atomic mass is 10.1. The Morgan fingerprint density at radius 3 is 2.96 bits per heavy atom. The summed E-state index contributed by atoms with van der Waals surface area (Å²) in [4.78, 5) is 23.2. The van der Waals surface area contributed by atoms with Crippen LogP contribution in [0.5, 0.6) is 0 Å². The molecule has 0 amide bonds. The SMILES string of the molecule is CC(=O)C(C#N)=CCc1c[nH]c2ncc(-c3ccccn3)cc12. The number of aromatic amines is 1. The average molecular weight is 302 g/mol. The zero-order chi connectivity index (χ0) is 16.2. The lowest BCUT2D eigenvalue weighted by Crippen LogP contribution is -1.94. The van der Waals surface area contributed by atoms with Crippen molar-refractivity contribution in [2.24, 2.45) is 0 Å². The summed E-state index contributed by atoms with van der Waals surface area (Å²) in [5.74, 6) is -0.223. The predicted molar refractivity (Wildman–Crippen MR) is 87.4 cm³/mol. The molecule has 0 aliphatic rings. The van der Waals surface area contributed by atoms with E-state index in [9.17, 15) is 4.79 Å². The molecule has 0 atom stereocenters. The van der Waals surface area contributed by atoms with E-state index in [4.69, 9.17) is 5.26 Å². The Kier molecular flexibility index (Phi) is 3.98. The number of hydrogen-bond acceptors (Lipinski definition) is 4. The molecule has 0 bridgehead atoms. The van der Waals surface area contributed by atoms with Gasteiger partial charge in [0.1, 0.15) is 11.7 Å². The van der Waals surface area contributed by atoms with Crippen LogP contribution in [-0.2, 0) is 11.2 Å². The second kappa shape index (κ2) is 6.24. The van der Waals surface area contributed by atoms with Crippen LogP contribution < -0.4 is 0 Å². The van der Waals surface area contributed by atoms with Gasteiger partial charge in [-0.05, 0) is 37.1 Å². The minimum Gasteiger partial charge on any atom is -0.346 e. The molecule has 3 heterocycles. The number of Topliss-reactive ketones (excluding diaryl/α,β-unsaturated/α-hetero) is 1. The fourth-order valence-corrected chi connectivity index (χ4v) is 2.38. The second-order valence-corrected chi connectivity index (χ2v) is 5.14. The zero-order valence-electron chi connectivity index (χ0n) is 12.6. The van der Waals surface area contributed by atoms with Gasteiger partial charge in [-0.1, -0.05) is 12.1 Å². The molecule has 3 aromatic heterocycles. The fraction of sp³-hybridized carbons (Fsp3) is 0.111. The molecule has 5 nitrogen and oxygen atoms in total. The summed E-state index contributed by atoms with van der Waals surface area (Å²) in [6.45, 7) is 1.39. The third-order valence-electron chi connectivity index (χ3n) is 3.60. The maximum Gasteiger partial charge on any atom is 0.169 e. The summed E-state index contributed by atoms with van der Waals surface area (Å²) < 4.78 is 0. The van der Waals surface area contributed by atoms with E-state index in [2.05, 4.69) is 15.0 Å². The van der Waals surface area contributed by atoms with Crippen molar-refractivity contribution in [1.82, 2.24) is 15.0 Å². The number of pyridine rings is 2. The van der Waals surface area contributed by atoms with Crippen LogP contribution in [0.3, 0.4) is 0 Å². The molecule has 5 heteroatoms. The Morgan fingerprint density at radius 1 is 1.39 bits per heavy atom. The van der Waals surface area contributed by atoms with Crippen LogP contribution in [0.1, 0.15) is 12.5 Å². The van der Waals surface area contributed by atoms with Crippen LogP contribution in [0.15, 0.2) is 54.5 Å². The van der Waals surface area contributed by atoms with Crippen LogP contribution in [-0.4, -0.2) is 20.7 Å². The molecule has 0 unspecified atom stereocenters. The Bertz CT molecular complexity index is 933. The third kappa shape index (κ3) is 3.01. The molecule has 0 aromatic carbocycles. The number of ketones is 1. The summed E-state index contributed by atoms with van der Waals surface area (Å²) in [5.41, 5.74) is 3.71. The van der Waals surface area contributed by atoms with Gasteiger partial charge in [0, 0.05) is 29.5 Å². The highest BCUT2D eigenvalue weighted by atomic mass is 16.1. The highest BCUT2D eigenvalue weighted by Gasteiger charge is 2.08. The van der Waals surface area contributed by atoms with E-state index in [0.29, 0.717) is 6.42 Å². The average Bonchev–Trinajstić information content (AvgIpc) is 2.98. The molecule has 0 aliphatic carbocycles. The highest BCUT2D eigenvalue weighted by molar-refractivity contribution is 5.97. The van der Waals surface area contributed by atoms with E-state index < -0.39 is 0 Å². The second-order valence-electron chi connectivity index (χ2n) is 5.14. The van der Waals surface area contributed by atoms with E-state index in [0.717, 1.165) is 27.9 Å². The van der Waals surface area contributed by atoms with E-state index in [1.54, 1.807) is 18.5 Å². The van der Waals surface area contributed by atoms with Crippen molar-refractivity contribution < 1.29 is 4.79 Å². The first-order valence-corrected chi connectivity index (χ1v) is 7.17. The number of hydrogen-bond donors (Lipinski definition) is 1. The van der Waals surface area contributed by atoms with Crippen LogP contribution in [0.4, 0.5) is 0 Å². The van der Waals surface area contributed by atoms with E-state index in [1.807, 2.05) is 36.5 Å². The molecule has 3 aromatic rings. The van der Waals surface area contributed by atoms with Gasteiger partial charge in [0.2, 0.25) is 0 Å². The molecule has 0 aliphatic heterocycles. The standard InChI is InChI=1S/C18H14N4O/c1-12(23)13(9-19)5-6-14-10-21-18-16(14)8-15(11-22-18)17-4-2-3-7-20-17/h2-5,7-8,10-11H,6H2,1H3,(H,21,22). The minimum absolute atomic E-state index is 0.174. The monoisotopic (exact) mass is 302 g/mol. The number of allylic oxidation sites excluding steroid dienone is 2. The predicted octanol–water partition coefficient (Wildman–Crippen LogP) is 3.21. The summed E-state index contributed by atoms with van der Waals surface area (Å²) in [5, 5.41) is 9.93. The number of nitrogens with zero attached hydrogens (tertiary/aromatic N) is 3. The van der Waals surface area contributed by atoms with Crippen LogP contribution in [0.2, 0.25) is 0 Å². The molecule has 3 rings (SSSR count). The Balaban J connectivity index is 2.00. The number of fused-ring (bicyclic) bond motifs is 1. The van der Waals surface area contributed by atoms with Gasteiger partial charge in [-0.2, -0.15) is 5.26 Å². The number of nitrogens with one attached hydrogen (secondary N) is 1. The molecule has 112 valence electrons. The maximum absolute atomic E-state index is 11.3. The Morgan fingerprint density at radius 2 is 2.26 bits per heavy atom. The Hall–Kier alpha value is -3.26. The van der Waals surface area contributed by atoms with Crippen LogP contribution in [0, 0.1) is 11.3 Å². The summed E-state index contributed by atoms with van der Waals surface area (Å²) >= 11 is 0. The van der Waals surface area contributed by atoms with E-state index in [-0.39, 0.29) is 11.4 Å². The van der Waals surface area contributed by atoms with Gasteiger partial charge in [-0.25, -0.2) is 4.98 Å². The fourth-order valence-electron chi connectivity index (χ4n) is 2.38. The smallest absolute Gasteiger partial charge is 0.169 e. The largest absolute Gasteiger partial charge is 0.346 e. The molecule has 1 N–H and O–H groups in total. The number of nitriles is 1. The van der Waals surface area contributed by atoms with Crippen molar-refractivity contribution in [3.05, 3.63) is 60.1 Å². The number of aromatic nitrogens is 3.